The first kappa shape index (κ1) is 28.6. The predicted molar refractivity (Wildman–Crippen MR) is 142 cm³/mol. The molecule has 7 heteroatoms. The van der Waals surface area contributed by atoms with E-state index in [1.807, 2.05) is 52.0 Å². The Morgan fingerprint density at radius 3 is 1.78 bits per heavy atom. The van der Waals surface area contributed by atoms with Crippen LogP contribution in [0.25, 0.3) is 0 Å². The molecule has 0 bridgehead atoms. The van der Waals surface area contributed by atoms with Crippen LogP contribution in [0.1, 0.15) is 98.8 Å². The van der Waals surface area contributed by atoms with Gasteiger partial charge in [-0.25, -0.2) is 0 Å². The molecule has 0 N–H and O–H groups in total. The molecule has 0 amide bonds. The Morgan fingerprint density at radius 1 is 0.622 bits per heavy atom. The molecule has 210 valence electrons. The fourth-order valence-corrected chi connectivity index (χ4v) is 5.42. The molecule has 3 aliphatic heterocycles. The largest absolute Gasteiger partial charge is 0.494 e. The summed E-state index contributed by atoms with van der Waals surface area (Å²) in [5.41, 5.74) is 0. The molecule has 4 rings (SSSR count). The highest BCUT2D eigenvalue weighted by molar-refractivity contribution is 5.31. The van der Waals surface area contributed by atoms with E-state index >= 15 is 0 Å². The van der Waals surface area contributed by atoms with Crippen LogP contribution in [0.2, 0.25) is 0 Å². The van der Waals surface area contributed by atoms with Gasteiger partial charge in [0.15, 0.2) is 17.9 Å². The Bertz CT molecular complexity index is 809. The predicted octanol–water partition coefficient (Wildman–Crippen LogP) is 6.76. The maximum Gasteiger partial charge on any atom is 0.190 e. The number of hydrogen-bond acceptors (Lipinski definition) is 7. The fraction of sp³-hybridized carbons (Fsp3) is 0.800. The first-order valence-electron chi connectivity index (χ1n) is 14.5. The van der Waals surface area contributed by atoms with Crippen molar-refractivity contribution in [3.63, 3.8) is 0 Å². The van der Waals surface area contributed by atoms with E-state index in [1.165, 1.54) is 57.8 Å². The number of benzene rings is 1. The lowest BCUT2D eigenvalue weighted by atomic mass is 9.99. The van der Waals surface area contributed by atoms with Gasteiger partial charge in [0.05, 0.1) is 6.61 Å². The fourth-order valence-electron chi connectivity index (χ4n) is 5.42. The Morgan fingerprint density at radius 2 is 1.14 bits per heavy atom. The van der Waals surface area contributed by atoms with Gasteiger partial charge in [-0.15, -0.1) is 0 Å². The van der Waals surface area contributed by atoms with Crippen LogP contribution < -0.4 is 9.47 Å². The molecule has 0 aromatic heterocycles. The van der Waals surface area contributed by atoms with Crippen molar-refractivity contribution < 1.29 is 33.2 Å². The smallest absolute Gasteiger partial charge is 0.190 e. The molecule has 3 aliphatic rings. The molecule has 7 nitrogen and oxygen atoms in total. The molecule has 3 heterocycles. The van der Waals surface area contributed by atoms with Crippen molar-refractivity contribution in [3.05, 3.63) is 24.3 Å². The van der Waals surface area contributed by atoms with Gasteiger partial charge in [-0.2, -0.15) is 0 Å². The van der Waals surface area contributed by atoms with E-state index in [2.05, 4.69) is 6.92 Å². The van der Waals surface area contributed by atoms with Crippen LogP contribution in [-0.2, 0) is 23.7 Å². The van der Waals surface area contributed by atoms with Crippen molar-refractivity contribution >= 4 is 0 Å². The van der Waals surface area contributed by atoms with Crippen molar-refractivity contribution in [1.29, 1.82) is 0 Å². The molecule has 3 saturated heterocycles. The molecule has 0 spiro atoms. The summed E-state index contributed by atoms with van der Waals surface area (Å²) in [6.45, 7) is 10.9. The van der Waals surface area contributed by atoms with Gasteiger partial charge in [0, 0.05) is 0 Å². The summed E-state index contributed by atoms with van der Waals surface area (Å²) < 4.78 is 42.6. The number of rotatable bonds is 15. The van der Waals surface area contributed by atoms with Gasteiger partial charge < -0.3 is 33.2 Å². The molecule has 0 aliphatic carbocycles. The molecule has 1 aromatic carbocycles. The number of fused-ring (bicyclic) bond motifs is 3. The van der Waals surface area contributed by atoms with Gasteiger partial charge in [-0.05, 0) is 58.4 Å². The van der Waals surface area contributed by atoms with E-state index in [9.17, 15) is 0 Å². The Labute approximate surface area is 223 Å². The van der Waals surface area contributed by atoms with Crippen LogP contribution in [0.4, 0.5) is 0 Å². The van der Waals surface area contributed by atoms with Crippen molar-refractivity contribution in [2.24, 2.45) is 0 Å². The van der Waals surface area contributed by atoms with Crippen LogP contribution in [0.15, 0.2) is 24.3 Å². The standard InChI is InChI=1S/C30H48O7/c1-6-7-8-9-10-11-12-13-14-15-20-31-22-16-18-23(19-17-22)32-21-24-25-26(35-29(2,3)34-25)27-28(33-24)37-30(4,5)36-27/h16-19,24-28H,6-15,20-21H2,1-5H3/t24-,25+,26+,27-,28-/m1/s1. The zero-order valence-electron chi connectivity index (χ0n) is 23.5. The normalized spacial score (nSPS) is 29.6. The van der Waals surface area contributed by atoms with Crippen molar-refractivity contribution in [3.8, 4) is 11.5 Å². The topological polar surface area (TPSA) is 64.6 Å². The summed E-state index contributed by atoms with van der Waals surface area (Å²) in [7, 11) is 0. The van der Waals surface area contributed by atoms with E-state index in [4.69, 9.17) is 33.2 Å². The van der Waals surface area contributed by atoms with E-state index in [0.717, 1.165) is 24.5 Å². The molecule has 37 heavy (non-hydrogen) atoms. The first-order chi connectivity index (χ1) is 17.8. The summed E-state index contributed by atoms with van der Waals surface area (Å²) in [5, 5.41) is 0. The molecular weight excluding hydrogens is 472 g/mol. The third-order valence-electron chi connectivity index (χ3n) is 7.26. The number of ether oxygens (including phenoxy) is 7. The Hall–Kier alpha value is -1.38. The van der Waals surface area contributed by atoms with Crippen LogP contribution in [0.5, 0.6) is 11.5 Å². The minimum atomic E-state index is -0.727. The highest BCUT2D eigenvalue weighted by atomic mass is 16.9. The Balaban J connectivity index is 1.15. The van der Waals surface area contributed by atoms with Gasteiger partial charge in [0.25, 0.3) is 0 Å². The average molecular weight is 521 g/mol. The summed E-state index contributed by atoms with van der Waals surface area (Å²) >= 11 is 0. The zero-order valence-corrected chi connectivity index (χ0v) is 23.5. The molecule has 0 unspecified atom stereocenters. The van der Waals surface area contributed by atoms with Gasteiger partial charge in [0.2, 0.25) is 0 Å². The van der Waals surface area contributed by atoms with Crippen molar-refractivity contribution in [2.75, 3.05) is 13.2 Å². The molecule has 0 saturated carbocycles. The highest BCUT2D eigenvalue weighted by Gasteiger charge is 2.60. The summed E-state index contributed by atoms with van der Waals surface area (Å²) in [6.07, 6.45) is 11.5. The average Bonchev–Trinajstić information content (AvgIpc) is 3.35. The van der Waals surface area contributed by atoms with Crippen LogP contribution >= 0.6 is 0 Å². The van der Waals surface area contributed by atoms with Gasteiger partial charge in [-0.1, -0.05) is 64.7 Å². The maximum absolute atomic E-state index is 6.22. The SMILES string of the molecule is CCCCCCCCCCCCOc1ccc(OC[C@H]2O[C@@H]3OC(C)(C)O[C@@H]3[C@H]3OC(C)(C)O[C@H]32)cc1. The number of unbranched alkanes of at least 4 members (excludes halogenated alkanes) is 9. The minimum absolute atomic E-state index is 0.273. The van der Waals surface area contributed by atoms with E-state index in [1.54, 1.807) is 0 Å². The second-order valence-electron chi connectivity index (χ2n) is 11.5. The van der Waals surface area contributed by atoms with Gasteiger partial charge in [0.1, 0.15) is 42.5 Å². The Kier molecular flexibility index (Phi) is 10.1. The van der Waals surface area contributed by atoms with E-state index in [0.29, 0.717) is 6.61 Å². The lowest BCUT2D eigenvalue weighted by molar-refractivity contribution is -0.238. The summed E-state index contributed by atoms with van der Waals surface area (Å²) in [5.74, 6) is 0.189. The lowest BCUT2D eigenvalue weighted by Gasteiger charge is -2.37. The van der Waals surface area contributed by atoms with Crippen LogP contribution in [-0.4, -0.2) is 55.5 Å². The van der Waals surface area contributed by atoms with Crippen molar-refractivity contribution in [1.82, 2.24) is 0 Å². The quantitative estimate of drug-likeness (QED) is 0.237. The summed E-state index contributed by atoms with van der Waals surface area (Å²) in [4.78, 5) is 0. The lowest BCUT2D eigenvalue weighted by Crippen LogP contribution is -2.56. The second-order valence-corrected chi connectivity index (χ2v) is 11.5. The van der Waals surface area contributed by atoms with E-state index < -0.39 is 17.9 Å². The minimum Gasteiger partial charge on any atom is -0.494 e. The maximum atomic E-state index is 6.22. The zero-order chi connectivity index (χ0) is 26.3. The summed E-state index contributed by atoms with van der Waals surface area (Å²) in [6, 6.07) is 7.79. The highest BCUT2D eigenvalue weighted by Crippen LogP contribution is 2.44. The van der Waals surface area contributed by atoms with Gasteiger partial charge >= 0.3 is 0 Å². The van der Waals surface area contributed by atoms with Gasteiger partial charge in [-0.3, -0.25) is 0 Å². The third kappa shape index (κ3) is 8.30. The molecule has 5 atom stereocenters. The molecule has 0 radical (unpaired) electrons. The monoisotopic (exact) mass is 520 g/mol. The van der Waals surface area contributed by atoms with Crippen LogP contribution in [0.3, 0.4) is 0 Å². The van der Waals surface area contributed by atoms with Crippen molar-refractivity contribution in [2.45, 2.75) is 141 Å². The van der Waals surface area contributed by atoms with E-state index in [-0.39, 0.29) is 24.4 Å². The molecular formula is C30H48O7. The molecule has 3 fully saturated rings. The number of hydrogen-bond donors (Lipinski definition) is 0. The molecule has 1 aromatic rings. The third-order valence-corrected chi connectivity index (χ3v) is 7.26. The first-order valence-corrected chi connectivity index (χ1v) is 14.5. The van der Waals surface area contributed by atoms with Crippen LogP contribution in [0, 0.1) is 0 Å². The second kappa shape index (κ2) is 13.1.